The Hall–Kier alpha value is -5.77. The molecule has 0 unspecified atom stereocenters. The van der Waals surface area contributed by atoms with E-state index in [0.717, 1.165) is 27.3 Å². The van der Waals surface area contributed by atoms with Crippen molar-refractivity contribution >= 4 is 44.2 Å². The zero-order valence-corrected chi connectivity index (χ0v) is 38.7. The molecule has 0 aliphatic carbocycles. The van der Waals surface area contributed by atoms with Crippen LogP contribution in [0.1, 0.15) is 29.8 Å². The zero-order valence-electron chi connectivity index (χ0n) is 36.2. The van der Waals surface area contributed by atoms with Crippen molar-refractivity contribution in [2.45, 2.75) is 32.4 Å². The van der Waals surface area contributed by atoms with Crippen LogP contribution in [-0.4, -0.2) is 110 Å². The largest absolute Gasteiger partial charge is 0.470 e. The lowest BCUT2D eigenvalue weighted by Crippen LogP contribution is -2.53. The molecule has 372 valence electrons. The Balaban J connectivity index is 0.000000224. The standard InChI is InChI=1S/C22H23F4N5O3S.C20H19F4N5O3S.ClH/c1-2-29-10-12-30(13-11-29)35(32,33)31(18-6-4-3-5-7-18)15-17-9-8-16(14-19(17)23)20-27-28-21(34-20)22(24,25)26;21-17-12-14(18-26-27-19(32-18)20(22,23)24)6-7-15(17)13-29(16-4-2-1-3-5-16)33(30,31)28-10-8-25-9-11-28;/h3-9,14H,2,10-13,15H2,1H3;1-7,12,25H,8-11,13H2;1H. The van der Waals surface area contributed by atoms with Gasteiger partial charge in [-0.1, -0.05) is 55.5 Å². The van der Waals surface area contributed by atoms with E-state index in [0.29, 0.717) is 50.6 Å². The van der Waals surface area contributed by atoms with Gasteiger partial charge in [0.15, 0.2) is 0 Å². The molecule has 0 amide bonds. The molecule has 0 atom stereocenters. The lowest BCUT2D eigenvalue weighted by molar-refractivity contribution is -0.157. The van der Waals surface area contributed by atoms with E-state index in [2.05, 4.69) is 39.4 Å². The highest BCUT2D eigenvalue weighted by Crippen LogP contribution is 2.34. The molecular weight excluding hydrogens is 992 g/mol. The number of hydrogen-bond donors (Lipinski definition) is 1. The fraction of sp³-hybridized carbons (Fsp3) is 0.333. The third-order valence-corrected chi connectivity index (χ3v) is 14.5. The predicted octanol–water partition coefficient (Wildman–Crippen LogP) is 7.26. The smallest absolute Gasteiger partial charge is 0.413 e. The molecule has 0 bridgehead atoms. The van der Waals surface area contributed by atoms with Crippen molar-refractivity contribution in [1.82, 2.24) is 39.2 Å². The quantitative estimate of drug-likeness (QED) is 0.115. The highest BCUT2D eigenvalue weighted by atomic mass is 35.5. The number of likely N-dealkylation sites (N-methyl/N-ethyl adjacent to an activating group) is 1. The molecule has 0 radical (unpaired) electrons. The van der Waals surface area contributed by atoms with Crippen LogP contribution in [0, 0.1) is 11.6 Å². The summed E-state index contributed by atoms with van der Waals surface area (Å²) in [4.78, 5) is 2.14. The summed E-state index contributed by atoms with van der Waals surface area (Å²) in [5, 5.41) is 15.6. The van der Waals surface area contributed by atoms with Crippen molar-refractivity contribution in [1.29, 1.82) is 0 Å². The summed E-state index contributed by atoms with van der Waals surface area (Å²) in [7, 11) is -7.96. The Bertz CT molecular complexity index is 2870. The molecule has 6 aromatic rings. The van der Waals surface area contributed by atoms with Crippen LogP contribution in [0.25, 0.3) is 22.9 Å². The van der Waals surface area contributed by atoms with E-state index >= 15 is 4.39 Å². The van der Waals surface area contributed by atoms with Gasteiger partial charge in [-0.05, 0) is 55.1 Å². The van der Waals surface area contributed by atoms with Crippen LogP contribution in [0.5, 0.6) is 0 Å². The van der Waals surface area contributed by atoms with Crippen LogP contribution in [-0.2, 0) is 45.9 Å². The van der Waals surface area contributed by atoms with E-state index in [1.54, 1.807) is 60.7 Å². The summed E-state index contributed by atoms with van der Waals surface area (Å²) in [6.07, 6.45) is -9.64. The number of nitrogens with one attached hydrogen (secondary N) is 1. The predicted molar refractivity (Wildman–Crippen MR) is 238 cm³/mol. The minimum atomic E-state index is -4.82. The van der Waals surface area contributed by atoms with Gasteiger partial charge < -0.3 is 19.1 Å². The Morgan fingerprint density at radius 2 is 0.971 bits per heavy atom. The Kier molecular flexibility index (Phi) is 16.7. The molecule has 4 heterocycles. The normalized spacial score (nSPS) is 15.5. The molecule has 27 heteroatoms. The maximum atomic E-state index is 15.0. The maximum absolute atomic E-state index is 15.0. The fourth-order valence-corrected chi connectivity index (χ4v) is 10.3. The molecule has 0 spiro atoms. The first-order valence-corrected chi connectivity index (χ1v) is 23.5. The van der Waals surface area contributed by atoms with Gasteiger partial charge in [-0.3, -0.25) is 8.61 Å². The van der Waals surface area contributed by atoms with Crippen LogP contribution in [0.3, 0.4) is 0 Å². The molecular formula is C42H43ClF8N10O6S2. The minimum absolute atomic E-state index is 0. The molecule has 4 aromatic carbocycles. The van der Waals surface area contributed by atoms with E-state index in [4.69, 9.17) is 0 Å². The number of anilines is 2. The third-order valence-electron chi connectivity index (χ3n) is 10.7. The van der Waals surface area contributed by atoms with Crippen molar-refractivity contribution in [2.24, 2.45) is 0 Å². The zero-order chi connectivity index (χ0) is 48.9. The number of aromatic nitrogens is 4. The second kappa shape index (κ2) is 21.9. The molecule has 2 aromatic heterocycles. The van der Waals surface area contributed by atoms with Crippen molar-refractivity contribution in [3.63, 3.8) is 0 Å². The molecule has 16 nitrogen and oxygen atoms in total. The lowest BCUT2D eigenvalue weighted by atomic mass is 10.1. The number of hydrogen-bond acceptors (Lipinski definition) is 12. The van der Waals surface area contributed by atoms with Gasteiger partial charge in [0.25, 0.3) is 0 Å². The van der Waals surface area contributed by atoms with Gasteiger partial charge >= 0.3 is 44.6 Å². The molecule has 69 heavy (non-hydrogen) atoms. The topological polar surface area (TPSA) is 174 Å². The highest BCUT2D eigenvalue weighted by molar-refractivity contribution is 7.90. The average molecular weight is 1040 g/mol. The maximum Gasteiger partial charge on any atom is 0.470 e. The Morgan fingerprint density at radius 3 is 1.32 bits per heavy atom. The van der Waals surface area contributed by atoms with Gasteiger partial charge in [-0.2, -0.15) is 51.8 Å². The number of benzene rings is 4. The average Bonchev–Trinajstić information content (AvgIpc) is 4.05. The van der Waals surface area contributed by atoms with Crippen LogP contribution in [0.15, 0.2) is 106 Å². The number of halogens is 9. The molecule has 2 aliphatic heterocycles. The van der Waals surface area contributed by atoms with Gasteiger partial charge in [-0.25, -0.2) is 8.78 Å². The van der Waals surface area contributed by atoms with Crippen molar-refractivity contribution < 1.29 is 60.8 Å². The number of nitrogens with zero attached hydrogens (tertiary/aromatic N) is 9. The lowest BCUT2D eigenvalue weighted by Gasteiger charge is -2.37. The van der Waals surface area contributed by atoms with Gasteiger partial charge in [0, 0.05) is 74.6 Å². The first-order valence-electron chi connectivity index (χ1n) is 20.7. The highest BCUT2D eigenvalue weighted by Gasteiger charge is 2.40. The van der Waals surface area contributed by atoms with Crippen molar-refractivity contribution in [3.05, 3.63) is 132 Å². The summed E-state index contributed by atoms with van der Waals surface area (Å²) in [5.74, 6) is -5.72. The van der Waals surface area contributed by atoms with Crippen molar-refractivity contribution in [2.75, 3.05) is 67.5 Å². The second-order valence-electron chi connectivity index (χ2n) is 15.1. The van der Waals surface area contributed by atoms with E-state index in [9.17, 15) is 47.6 Å². The van der Waals surface area contributed by atoms with E-state index < -0.39 is 68.0 Å². The first kappa shape index (κ1) is 52.6. The van der Waals surface area contributed by atoms with Crippen molar-refractivity contribution in [3.8, 4) is 22.9 Å². The monoisotopic (exact) mass is 1030 g/mol. The number of piperazine rings is 2. The second-order valence-corrected chi connectivity index (χ2v) is 18.8. The molecule has 2 fully saturated rings. The van der Waals surface area contributed by atoms with E-state index in [1.165, 1.54) is 32.9 Å². The van der Waals surface area contributed by atoms with Gasteiger partial charge in [0.05, 0.1) is 24.5 Å². The summed E-state index contributed by atoms with van der Waals surface area (Å²) >= 11 is 0. The van der Waals surface area contributed by atoms with E-state index in [-0.39, 0.29) is 60.8 Å². The molecule has 0 saturated carbocycles. The SMILES string of the molecule is CCN1CCN(S(=O)(=O)N(Cc2ccc(-c3nnc(C(F)(F)F)o3)cc2F)c2ccccc2)CC1.Cl.O=S(=O)(N1CCNCC1)N(Cc1ccc(-c2nnc(C(F)(F)F)o2)cc1F)c1ccccc1. The van der Waals surface area contributed by atoms with E-state index in [1.807, 2.05) is 6.92 Å². The minimum Gasteiger partial charge on any atom is -0.413 e. The molecule has 1 N–H and O–H groups in total. The number of rotatable bonds is 13. The molecule has 2 saturated heterocycles. The summed E-state index contributed by atoms with van der Waals surface area (Å²) in [6, 6.07) is 23.7. The summed E-state index contributed by atoms with van der Waals surface area (Å²) in [6.45, 7) is 5.51. The number of alkyl halides is 6. The van der Waals surface area contributed by atoms with Crippen LogP contribution in [0.4, 0.5) is 46.5 Å². The van der Waals surface area contributed by atoms with Gasteiger partial charge in [0.2, 0.25) is 11.8 Å². The number of para-hydroxylation sites is 2. The van der Waals surface area contributed by atoms with Crippen LogP contribution >= 0.6 is 12.4 Å². The fourth-order valence-electron chi connectivity index (χ4n) is 7.07. The van der Waals surface area contributed by atoms with Gasteiger partial charge in [-0.15, -0.1) is 32.8 Å². The Labute approximate surface area is 397 Å². The van der Waals surface area contributed by atoms with Crippen LogP contribution in [0.2, 0.25) is 0 Å². The summed E-state index contributed by atoms with van der Waals surface area (Å²) in [5.41, 5.74) is 0.655. The third kappa shape index (κ3) is 12.5. The van der Waals surface area contributed by atoms with Gasteiger partial charge in [0.1, 0.15) is 11.6 Å². The Morgan fingerprint density at radius 1 is 0.580 bits per heavy atom. The summed E-state index contributed by atoms with van der Waals surface area (Å²) < 4.78 is 174. The molecule has 2 aliphatic rings. The molecule has 8 rings (SSSR count). The first-order chi connectivity index (χ1) is 32.2. The van der Waals surface area contributed by atoms with Crippen LogP contribution < -0.4 is 13.9 Å².